The van der Waals surface area contributed by atoms with E-state index in [-0.39, 0.29) is 17.8 Å². The van der Waals surface area contributed by atoms with Crippen molar-refractivity contribution in [3.05, 3.63) is 52.7 Å². The van der Waals surface area contributed by atoms with E-state index in [0.717, 1.165) is 37.1 Å². The Labute approximate surface area is 148 Å². The fraction of sp³-hybridized carbons (Fsp3) is 0.278. The zero-order valence-corrected chi connectivity index (χ0v) is 14.3. The van der Waals surface area contributed by atoms with Gasteiger partial charge in [0.05, 0.1) is 0 Å². The molecule has 1 saturated heterocycles. The third-order valence-electron chi connectivity index (χ3n) is 4.51. The van der Waals surface area contributed by atoms with Crippen molar-refractivity contribution in [2.24, 2.45) is 0 Å². The summed E-state index contributed by atoms with van der Waals surface area (Å²) in [5.74, 6) is 0.403. The molecule has 1 fully saturated rings. The highest BCUT2D eigenvalue weighted by molar-refractivity contribution is 7.08. The third kappa shape index (κ3) is 3.19. The molecule has 4 rings (SSSR count). The lowest BCUT2D eigenvalue weighted by Gasteiger charge is -2.33. The molecule has 0 atom stereocenters. The smallest absolute Gasteiger partial charge is 0.252 e. The van der Waals surface area contributed by atoms with Crippen LogP contribution in [0.4, 0.5) is 10.2 Å². The average Bonchev–Trinajstić information content (AvgIpc) is 3.17. The minimum atomic E-state index is -0.334. The van der Waals surface area contributed by atoms with Crippen LogP contribution in [0.5, 0.6) is 0 Å². The molecular formula is C18H17FN4OS. The van der Waals surface area contributed by atoms with E-state index in [1.165, 1.54) is 23.7 Å². The summed E-state index contributed by atoms with van der Waals surface area (Å²) in [7, 11) is 0. The number of hydrogen-bond acceptors (Lipinski definition) is 5. The van der Waals surface area contributed by atoms with Gasteiger partial charge in [0.1, 0.15) is 23.5 Å². The lowest BCUT2D eigenvalue weighted by molar-refractivity contribution is 0.0931. The van der Waals surface area contributed by atoms with Crippen LogP contribution < -0.4 is 10.2 Å². The number of nitrogens with zero attached hydrogens (tertiary/aromatic N) is 3. The predicted molar refractivity (Wildman–Crippen MR) is 96.5 cm³/mol. The Hall–Kier alpha value is -2.54. The molecule has 1 aliphatic rings. The summed E-state index contributed by atoms with van der Waals surface area (Å²) in [6, 6.07) is 6.91. The molecule has 1 amide bonds. The molecule has 3 heterocycles. The van der Waals surface area contributed by atoms with Crippen molar-refractivity contribution in [3.63, 3.8) is 0 Å². The summed E-state index contributed by atoms with van der Waals surface area (Å²) in [6.45, 7) is 1.52. The molecule has 3 aromatic rings. The van der Waals surface area contributed by atoms with Crippen LogP contribution in [0, 0.1) is 5.82 Å². The zero-order valence-electron chi connectivity index (χ0n) is 13.5. The predicted octanol–water partition coefficient (Wildman–Crippen LogP) is 3.23. The number of carbonyl (C=O) groups is 1. The first-order chi connectivity index (χ1) is 12.2. The van der Waals surface area contributed by atoms with Gasteiger partial charge in [0, 0.05) is 35.5 Å². The van der Waals surface area contributed by atoms with Gasteiger partial charge in [-0.05, 0) is 36.4 Å². The maximum atomic E-state index is 13.9. The number of rotatable bonds is 3. The molecule has 128 valence electrons. The van der Waals surface area contributed by atoms with Crippen LogP contribution in [-0.2, 0) is 0 Å². The molecule has 7 heteroatoms. The summed E-state index contributed by atoms with van der Waals surface area (Å²) in [6.07, 6.45) is 3.07. The van der Waals surface area contributed by atoms with Crippen molar-refractivity contribution in [1.29, 1.82) is 0 Å². The number of anilines is 1. The number of piperidine rings is 1. The third-order valence-corrected chi connectivity index (χ3v) is 5.19. The molecule has 1 aromatic carbocycles. The van der Waals surface area contributed by atoms with Gasteiger partial charge in [-0.1, -0.05) is 6.07 Å². The lowest BCUT2D eigenvalue weighted by atomic mass is 10.0. The summed E-state index contributed by atoms with van der Waals surface area (Å²) >= 11 is 1.52. The van der Waals surface area contributed by atoms with Crippen LogP contribution in [0.3, 0.4) is 0 Å². The number of hydrogen-bond donors (Lipinski definition) is 1. The van der Waals surface area contributed by atoms with Crippen molar-refractivity contribution in [3.8, 4) is 0 Å². The molecule has 5 nitrogen and oxygen atoms in total. The van der Waals surface area contributed by atoms with Gasteiger partial charge in [0.25, 0.3) is 5.91 Å². The first-order valence-corrected chi connectivity index (χ1v) is 9.14. The summed E-state index contributed by atoms with van der Waals surface area (Å²) in [4.78, 5) is 22.7. The second-order valence-electron chi connectivity index (χ2n) is 6.08. The number of nitrogens with one attached hydrogen (secondary N) is 1. The molecular weight excluding hydrogens is 339 g/mol. The van der Waals surface area contributed by atoms with Crippen LogP contribution in [0.25, 0.3) is 10.9 Å². The van der Waals surface area contributed by atoms with Gasteiger partial charge in [-0.3, -0.25) is 4.79 Å². The maximum Gasteiger partial charge on any atom is 0.252 e. The lowest BCUT2D eigenvalue weighted by Crippen LogP contribution is -2.45. The van der Waals surface area contributed by atoms with E-state index in [9.17, 15) is 9.18 Å². The average molecular weight is 356 g/mol. The molecule has 0 radical (unpaired) electrons. The number of amides is 1. The second-order valence-corrected chi connectivity index (χ2v) is 6.86. The van der Waals surface area contributed by atoms with Gasteiger partial charge in [0.15, 0.2) is 0 Å². The molecule has 1 aliphatic heterocycles. The Bertz CT molecular complexity index is 891. The van der Waals surface area contributed by atoms with Crippen molar-refractivity contribution in [1.82, 2.24) is 15.3 Å². The standard InChI is InChI=1S/C18H17FN4OS/c19-15-3-1-2-14-16(15)20-11-21-17(14)23-7-4-13(5-8-23)22-18(24)12-6-9-25-10-12/h1-3,6,9-11,13H,4-5,7-8H2,(H,22,24). The summed E-state index contributed by atoms with van der Waals surface area (Å²) < 4.78 is 13.9. The highest BCUT2D eigenvalue weighted by Gasteiger charge is 2.23. The Morgan fingerprint density at radius 3 is 2.84 bits per heavy atom. The molecule has 0 saturated carbocycles. The summed E-state index contributed by atoms with van der Waals surface area (Å²) in [5.41, 5.74) is 1.06. The molecule has 2 aromatic heterocycles. The molecule has 0 unspecified atom stereocenters. The van der Waals surface area contributed by atoms with E-state index in [1.54, 1.807) is 6.07 Å². The fourth-order valence-corrected chi connectivity index (χ4v) is 3.82. The SMILES string of the molecule is O=C(NC1CCN(c2ncnc3c(F)cccc23)CC1)c1ccsc1. The van der Waals surface area contributed by atoms with Gasteiger partial charge >= 0.3 is 0 Å². The van der Waals surface area contributed by atoms with Crippen LogP contribution in [-0.4, -0.2) is 35.0 Å². The van der Waals surface area contributed by atoms with Gasteiger partial charge in [0.2, 0.25) is 0 Å². The van der Waals surface area contributed by atoms with Crippen molar-refractivity contribution >= 4 is 34.0 Å². The van der Waals surface area contributed by atoms with Gasteiger partial charge in [-0.25, -0.2) is 14.4 Å². The minimum absolute atomic E-state index is 0.0192. The monoisotopic (exact) mass is 356 g/mol. The maximum absolute atomic E-state index is 13.9. The van der Waals surface area contributed by atoms with E-state index >= 15 is 0 Å². The van der Waals surface area contributed by atoms with Crippen molar-refractivity contribution in [2.45, 2.75) is 18.9 Å². The number of halogens is 1. The zero-order chi connectivity index (χ0) is 17.2. The number of para-hydroxylation sites is 1. The Kier molecular flexibility index (Phi) is 4.31. The van der Waals surface area contributed by atoms with E-state index in [2.05, 4.69) is 20.2 Å². The molecule has 0 aliphatic carbocycles. The molecule has 0 bridgehead atoms. The van der Waals surface area contributed by atoms with E-state index in [1.807, 2.05) is 22.9 Å². The van der Waals surface area contributed by atoms with Crippen LogP contribution in [0.2, 0.25) is 0 Å². The highest BCUT2D eigenvalue weighted by atomic mass is 32.1. The first kappa shape index (κ1) is 16.0. The molecule has 0 spiro atoms. The fourth-order valence-electron chi connectivity index (χ4n) is 3.19. The van der Waals surface area contributed by atoms with Crippen LogP contribution in [0.1, 0.15) is 23.2 Å². The number of benzene rings is 1. The molecule has 25 heavy (non-hydrogen) atoms. The van der Waals surface area contributed by atoms with Gasteiger partial charge < -0.3 is 10.2 Å². The normalized spacial score (nSPS) is 15.5. The first-order valence-electron chi connectivity index (χ1n) is 8.19. The van der Waals surface area contributed by atoms with Gasteiger partial charge in [-0.2, -0.15) is 11.3 Å². The topological polar surface area (TPSA) is 58.1 Å². The number of fused-ring (bicyclic) bond motifs is 1. The van der Waals surface area contributed by atoms with Crippen molar-refractivity contribution < 1.29 is 9.18 Å². The Morgan fingerprint density at radius 2 is 2.08 bits per heavy atom. The van der Waals surface area contributed by atoms with Crippen LogP contribution in [0.15, 0.2) is 41.4 Å². The Balaban J connectivity index is 1.46. The largest absolute Gasteiger partial charge is 0.356 e. The summed E-state index contributed by atoms with van der Waals surface area (Å²) in [5, 5.41) is 7.57. The quantitative estimate of drug-likeness (QED) is 0.783. The molecule has 1 N–H and O–H groups in total. The van der Waals surface area contributed by atoms with Gasteiger partial charge in [-0.15, -0.1) is 0 Å². The second kappa shape index (κ2) is 6.76. The number of thiophene rings is 1. The number of carbonyl (C=O) groups excluding carboxylic acids is 1. The van der Waals surface area contributed by atoms with E-state index < -0.39 is 0 Å². The minimum Gasteiger partial charge on any atom is -0.356 e. The van der Waals surface area contributed by atoms with E-state index in [4.69, 9.17) is 0 Å². The highest BCUT2D eigenvalue weighted by Crippen LogP contribution is 2.27. The van der Waals surface area contributed by atoms with E-state index in [0.29, 0.717) is 11.1 Å². The Morgan fingerprint density at radius 1 is 1.24 bits per heavy atom. The van der Waals surface area contributed by atoms with Crippen molar-refractivity contribution in [2.75, 3.05) is 18.0 Å². The van der Waals surface area contributed by atoms with Crippen LogP contribution >= 0.6 is 11.3 Å². The number of aromatic nitrogens is 2.